The van der Waals surface area contributed by atoms with E-state index in [0.29, 0.717) is 22.5 Å². The summed E-state index contributed by atoms with van der Waals surface area (Å²) in [5.74, 6) is 1.65. The Labute approximate surface area is 298 Å². The van der Waals surface area contributed by atoms with Crippen LogP contribution in [0.15, 0.2) is 158 Å². The van der Waals surface area contributed by atoms with Gasteiger partial charge in [0.2, 0.25) is 0 Å². The van der Waals surface area contributed by atoms with E-state index in [2.05, 4.69) is 21.3 Å². The molecule has 0 amide bonds. The molecule has 0 radical (unpaired) electrons. The zero-order valence-corrected chi connectivity index (χ0v) is 27.6. The van der Waals surface area contributed by atoms with Crippen LogP contribution in [-0.2, 0) is 0 Å². The Balaban J connectivity index is 1.09. The van der Waals surface area contributed by atoms with Crippen molar-refractivity contribution in [2.75, 3.05) is 0 Å². The third-order valence-electron chi connectivity index (χ3n) is 9.09. The lowest BCUT2D eigenvalue weighted by Crippen LogP contribution is -2.02. The zero-order chi connectivity index (χ0) is 35.0. The first kappa shape index (κ1) is 30.4. The third kappa shape index (κ3) is 5.16. The number of fused-ring (bicyclic) bond motifs is 2. The number of nitriles is 2. The van der Waals surface area contributed by atoms with Crippen molar-refractivity contribution in [3.63, 3.8) is 0 Å². The van der Waals surface area contributed by atoms with E-state index in [0.717, 1.165) is 56.2 Å². The highest BCUT2D eigenvalue weighted by Crippen LogP contribution is 2.33. The summed E-state index contributed by atoms with van der Waals surface area (Å²) in [5.41, 5.74) is 9.86. The highest BCUT2D eigenvalue weighted by molar-refractivity contribution is 5.85. The van der Waals surface area contributed by atoms with E-state index in [1.165, 1.54) is 0 Å². The molecule has 0 aliphatic carbocycles. The summed E-state index contributed by atoms with van der Waals surface area (Å²) in [6.45, 7) is 0. The minimum atomic E-state index is 0.135. The number of aromatic nitrogens is 6. The summed E-state index contributed by atoms with van der Waals surface area (Å²) >= 11 is 0. The molecule has 0 saturated carbocycles. The second-order valence-electron chi connectivity index (χ2n) is 12.2. The fraction of sp³-hybridized carbons (Fsp3) is 0. The molecular weight excluding hydrogens is 641 g/mol. The largest absolute Gasteiger partial charge is 0.292 e. The summed E-state index contributed by atoms with van der Waals surface area (Å²) < 4.78 is 4.24. The lowest BCUT2D eigenvalue weighted by Gasteiger charge is -2.13. The molecule has 242 valence electrons. The summed E-state index contributed by atoms with van der Waals surface area (Å²) in [7, 11) is 0. The molecule has 3 heterocycles. The molecule has 0 saturated heterocycles. The molecule has 9 rings (SSSR count). The number of para-hydroxylation sites is 4. The number of hydrogen-bond donors (Lipinski definition) is 0. The van der Waals surface area contributed by atoms with E-state index in [4.69, 9.17) is 19.9 Å². The minimum Gasteiger partial charge on any atom is -0.292 e. The Morgan fingerprint density at radius 3 is 1.12 bits per heavy atom. The molecule has 52 heavy (non-hydrogen) atoms. The van der Waals surface area contributed by atoms with Gasteiger partial charge in [-0.2, -0.15) is 10.5 Å². The number of rotatable bonds is 6. The zero-order valence-electron chi connectivity index (χ0n) is 27.6. The molecule has 3 aromatic heterocycles. The maximum atomic E-state index is 10.3. The van der Waals surface area contributed by atoms with Crippen LogP contribution < -0.4 is 0 Å². The van der Waals surface area contributed by atoms with Crippen LogP contribution in [0.2, 0.25) is 0 Å². The molecule has 0 N–H and O–H groups in total. The average Bonchev–Trinajstić information content (AvgIpc) is 3.81. The fourth-order valence-electron chi connectivity index (χ4n) is 6.67. The highest BCUT2D eigenvalue weighted by Gasteiger charge is 2.20. The van der Waals surface area contributed by atoms with Crippen molar-refractivity contribution >= 4 is 22.1 Å². The van der Waals surface area contributed by atoms with Crippen molar-refractivity contribution in [2.24, 2.45) is 0 Å². The molecule has 0 unspecified atom stereocenters. The van der Waals surface area contributed by atoms with Crippen LogP contribution in [0, 0.1) is 22.7 Å². The van der Waals surface area contributed by atoms with Gasteiger partial charge >= 0.3 is 0 Å². The van der Waals surface area contributed by atoms with Gasteiger partial charge in [-0.1, -0.05) is 109 Å². The normalized spacial score (nSPS) is 11.0. The van der Waals surface area contributed by atoms with Crippen LogP contribution in [0.3, 0.4) is 0 Å². The van der Waals surface area contributed by atoms with Gasteiger partial charge in [-0.3, -0.25) is 9.13 Å². The van der Waals surface area contributed by atoms with E-state index in [1.807, 2.05) is 158 Å². The van der Waals surface area contributed by atoms with Crippen molar-refractivity contribution in [3.8, 4) is 68.8 Å². The Kier molecular flexibility index (Phi) is 7.39. The molecule has 0 aliphatic heterocycles. The van der Waals surface area contributed by atoms with Crippen molar-refractivity contribution in [1.29, 1.82) is 10.5 Å². The van der Waals surface area contributed by atoms with Crippen LogP contribution in [0.4, 0.5) is 0 Å². The van der Waals surface area contributed by atoms with E-state index in [9.17, 15) is 10.5 Å². The van der Waals surface area contributed by atoms with Crippen molar-refractivity contribution < 1.29 is 0 Å². The van der Waals surface area contributed by atoms with E-state index in [-0.39, 0.29) is 11.4 Å². The average molecular weight is 667 g/mol. The summed E-state index contributed by atoms with van der Waals surface area (Å²) in [5, 5.41) is 20.5. The Bertz CT molecular complexity index is 2640. The number of benzene rings is 6. The van der Waals surface area contributed by atoms with Crippen molar-refractivity contribution in [3.05, 3.63) is 169 Å². The smallest absolute Gasteiger partial charge is 0.167 e. The summed E-state index contributed by atoms with van der Waals surface area (Å²) in [6.07, 6.45) is 0. The van der Waals surface area contributed by atoms with Crippen LogP contribution >= 0.6 is 0 Å². The van der Waals surface area contributed by atoms with E-state index < -0.39 is 0 Å². The second-order valence-corrected chi connectivity index (χ2v) is 12.2. The highest BCUT2D eigenvalue weighted by atomic mass is 15.1. The molecule has 8 nitrogen and oxygen atoms in total. The SMILES string of the molecule is N#Cc1nc(-c2ccc(-n3c(-c4ccccc4)nc4ccccc43)cc2)c(C#N)nc1-c1ccc(-n2c(-c3ccccc3)nc3ccccc32)cc1. The van der Waals surface area contributed by atoms with Gasteiger partial charge in [-0.15, -0.1) is 0 Å². The first-order valence-corrected chi connectivity index (χ1v) is 16.7. The Hall–Kier alpha value is -7.68. The van der Waals surface area contributed by atoms with Gasteiger partial charge in [-0.25, -0.2) is 19.9 Å². The van der Waals surface area contributed by atoms with Gasteiger partial charge in [0.05, 0.1) is 22.1 Å². The molecule has 0 aliphatic rings. The van der Waals surface area contributed by atoms with Gasteiger partial charge in [0.1, 0.15) is 35.2 Å². The fourth-order valence-corrected chi connectivity index (χ4v) is 6.67. The van der Waals surface area contributed by atoms with E-state index >= 15 is 0 Å². The van der Waals surface area contributed by atoms with Gasteiger partial charge < -0.3 is 0 Å². The monoisotopic (exact) mass is 666 g/mol. The predicted octanol–water partition coefficient (Wildman–Crippen LogP) is 9.57. The minimum absolute atomic E-state index is 0.135. The Morgan fingerprint density at radius 1 is 0.365 bits per heavy atom. The first-order chi connectivity index (χ1) is 25.7. The number of hydrogen-bond acceptors (Lipinski definition) is 6. The van der Waals surface area contributed by atoms with Crippen molar-refractivity contribution in [1.82, 2.24) is 29.1 Å². The van der Waals surface area contributed by atoms with Crippen LogP contribution in [-0.4, -0.2) is 29.1 Å². The Morgan fingerprint density at radius 2 is 0.731 bits per heavy atom. The van der Waals surface area contributed by atoms with Gasteiger partial charge in [0.15, 0.2) is 11.4 Å². The molecule has 8 heteroatoms. The summed E-state index contributed by atoms with van der Waals surface area (Å²) in [4.78, 5) is 19.3. The van der Waals surface area contributed by atoms with Crippen LogP contribution in [0.1, 0.15) is 11.4 Å². The van der Waals surface area contributed by atoms with E-state index in [1.54, 1.807) is 0 Å². The molecular formula is C44H26N8. The van der Waals surface area contributed by atoms with Crippen molar-refractivity contribution in [2.45, 2.75) is 0 Å². The third-order valence-corrected chi connectivity index (χ3v) is 9.09. The van der Waals surface area contributed by atoms with Crippen LogP contribution in [0.25, 0.3) is 78.7 Å². The quantitative estimate of drug-likeness (QED) is 0.175. The molecule has 0 bridgehead atoms. The number of nitrogens with zero attached hydrogens (tertiary/aromatic N) is 8. The van der Waals surface area contributed by atoms with Gasteiger partial charge in [-0.05, 0) is 48.5 Å². The van der Waals surface area contributed by atoms with Crippen LogP contribution in [0.5, 0.6) is 0 Å². The van der Waals surface area contributed by atoms with Gasteiger partial charge in [0, 0.05) is 33.6 Å². The molecule has 9 aromatic rings. The lowest BCUT2D eigenvalue weighted by atomic mass is 10.1. The predicted molar refractivity (Wildman–Crippen MR) is 202 cm³/mol. The molecule has 0 spiro atoms. The molecule has 0 fully saturated rings. The molecule has 0 atom stereocenters. The maximum absolute atomic E-state index is 10.3. The first-order valence-electron chi connectivity index (χ1n) is 16.7. The van der Waals surface area contributed by atoms with Gasteiger partial charge in [0.25, 0.3) is 0 Å². The standard InChI is InChI=1S/C44H26N8/c45-27-37-41(29-19-23-33(24-20-29)51-39-17-9-7-15-35(39)49-43(51)31-11-3-1-4-12-31)47-38(28-46)42(48-37)30-21-25-34(26-22-30)52-40-18-10-8-16-36(40)50-44(52)32-13-5-2-6-14-32/h1-26H. The summed E-state index contributed by atoms with van der Waals surface area (Å²) in [6, 6.07) is 56.1. The topological polar surface area (TPSA) is 109 Å². The molecule has 6 aromatic carbocycles. The lowest BCUT2D eigenvalue weighted by molar-refractivity contribution is 1.10. The second kappa shape index (κ2) is 12.6. The maximum Gasteiger partial charge on any atom is 0.167 e. The number of imidazole rings is 2.